The molecule has 2 rings (SSSR count). The van der Waals surface area contributed by atoms with E-state index in [1.807, 2.05) is 12.1 Å². The molecule has 0 heterocycles. The van der Waals surface area contributed by atoms with Crippen molar-refractivity contribution < 1.29 is 8.42 Å². The maximum Gasteiger partial charge on any atom is 0.240 e. The predicted molar refractivity (Wildman–Crippen MR) is 85.4 cm³/mol. The van der Waals surface area contributed by atoms with Gasteiger partial charge in [0, 0.05) is 6.54 Å². The summed E-state index contributed by atoms with van der Waals surface area (Å²) in [5.41, 5.74) is 8.92. The van der Waals surface area contributed by atoms with Crippen molar-refractivity contribution >= 4 is 21.4 Å². The zero-order valence-corrected chi connectivity index (χ0v) is 12.7. The van der Waals surface area contributed by atoms with Crippen LogP contribution in [0.3, 0.4) is 0 Å². The van der Waals surface area contributed by atoms with E-state index in [2.05, 4.69) is 24.4 Å². The summed E-state index contributed by atoms with van der Waals surface area (Å²) < 4.78 is 22.8. The van der Waals surface area contributed by atoms with Crippen LogP contribution in [0.5, 0.6) is 0 Å². The first-order valence-electron chi connectivity index (χ1n) is 6.64. The molecule has 0 saturated heterocycles. The van der Waals surface area contributed by atoms with Crippen LogP contribution in [0.15, 0.2) is 47.4 Å². The average Bonchev–Trinajstić information content (AvgIpc) is 2.45. The molecule has 0 aliphatic carbocycles. The van der Waals surface area contributed by atoms with Crippen molar-refractivity contribution in [2.24, 2.45) is 5.14 Å². The summed E-state index contributed by atoms with van der Waals surface area (Å²) >= 11 is 0. The number of sulfonamides is 1. The largest absolute Gasteiger partial charge is 0.396 e. The molecule has 0 aromatic heterocycles. The van der Waals surface area contributed by atoms with E-state index in [1.54, 1.807) is 12.1 Å². The number of nitrogens with one attached hydrogen (secondary N) is 1. The molecule has 0 bridgehead atoms. The highest BCUT2D eigenvalue weighted by molar-refractivity contribution is 7.89. The van der Waals surface area contributed by atoms with Crippen molar-refractivity contribution in [2.45, 2.75) is 24.8 Å². The van der Waals surface area contributed by atoms with Gasteiger partial charge in [-0.2, -0.15) is 0 Å². The van der Waals surface area contributed by atoms with Crippen LogP contribution < -0.4 is 16.2 Å². The van der Waals surface area contributed by atoms with Gasteiger partial charge < -0.3 is 11.1 Å². The van der Waals surface area contributed by atoms with Crippen molar-refractivity contribution in [1.29, 1.82) is 0 Å². The van der Waals surface area contributed by atoms with Crippen molar-refractivity contribution in [1.82, 2.24) is 0 Å². The molecule has 2 aromatic carbocycles. The number of rotatable bonds is 5. The molecule has 0 aliphatic rings. The van der Waals surface area contributed by atoms with Gasteiger partial charge in [-0.3, -0.25) is 0 Å². The highest BCUT2D eigenvalue weighted by Gasteiger charge is 2.14. The molecule has 21 heavy (non-hydrogen) atoms. The number of benzene rings is 2. The quantitative estimate of drug-likeness (QED) is 0.737. The molecule has 0 atom stereocenters. The van der Waals surface area contributed by atoms with E-state index in [0.717, 1.165) is 12.0 Å². The Labute approximate surface area is 125 Å². The van der Waals surface area contributed by atoms with Crippen LogP contribution in [-0.2, 0) is 23.0 Å². The second-order valence-electron chi connectivity index (χ2n) is 4.79. The number of aryl methyl sites for hydroxylation is 1. The normalized spacial score (nSPS) is 11.3. The third kappa shape index (κ3) is 3.74. The maximum atomic E-state index is 11.4. The van der Waals surface area contributed by atoms with Gasteiger partial charge in [0.25, 0.3) is 0 Å². The van der Waals surface area contributed by atoms with Crippen LogP contribution in [0.1, 0.15) is 18.1 Å². The molecule has 112 valence electrons. The van der Waals surface area contributed by atoms with Crippen molar-refractivity contribution in [3.05, 3.63) is 53.6 Å². The molecule has 0 radical (unpaired) electrons. The predicted octanol–water partition coefficient (Wildman–Crippen LogP) is 2.09. The van der Waals surface area contributed by atoms with Crippen LogP contribution in [0.25, 0.3) is 0 Å². The summed E-state index contributed by atoms with van der Waals surface area (Å²) in [5, 5.41) is 8.26. The third-order valence-corrected chi connectivity index (χ3v) is 4.26. The first kappa shape index (κ1) is 15.3. The van der Waals surface area contributed by atoms with E-state index in [4.69, 9.17) is 10.9 Å². The van der Waals surface area contributed by atoms with Crippen molar-refractivity contribution in [3.63, 3.8) is 0 Å². The van der Waals surface area contributed by atoms with Crippen molar-refractivity contribution in [3.8, 4) is 0 Å². The zero-order valence-electron chi connectivity index (χ0n) is 11.8. The summed E-state index contributed by atoms with van der Waals surface area (Å²) in [4.78, 5) is -0.0613. The Morgan fingerprint density at radius 2 is 1.67 bits per heavy atom. The Kier molecular flexibility index (Phi) is 4.50. The molecule has 5 nitrogen and oxygen atoms in total. The van der Waals surface area contributed by atoms with Gasteiger partial charge >= 0.3 is 0 Å². The van der Waals surface area contributed by atoms with Gasteiger partial charge in [0.05, 0.1) is 11.4 Å². The number of hydrogen-bond acceptors (Lipinski definition) is 4. The minimum atomic E-state index is -3.81. The monoisotopic (exact) mass is 305 g/mol. The van der Waals surface area contributed by atoms with Crippen LogP contribution in [-0.4, -0.2) is 8.42 Å². The van der Waals surface area contributed by atoms with E-state index in [9.17, 15) is 8.42 Å². The fraction of sp³-hybridized carbons (Fsp3) is 0.200. The molecule has 0 unspecified atom stereocenters. The van der Waals surface area contributed by atoms with E-state index >= 15 is 0 Å². The molecule has 0 spiro atoms. The molecule has 6 heteroatoms. The summed E-state index contributed by atoms with van der Waals surface area (Å²) in [6.07, 6.45) is 0.997. The first-order chi connectivity index (χ1) is 9.91. The maximum absolute atomic E-state index is 11.4. The standard InChI is InChI=1S/C15H19N3O2S/c1-2-11-6-8-12(9-7-11)10-18-13-4-3-5-14(15(13)16)21(17,19)20/h3-9,18H,2,10,16H2,1H3,(H2,17,19,20). The van der Waals surface area contributed by atoms with Gasteiger partial charge in [0.15, 0.2) is 0 Å². The Morgan fingerprint density at radius 3 is 2.24 bits per heavy atom. The molecule has 2 aromatic rings. The second kappa shape index (κ2) is 6.15. The zero-order chi connectivity index (χ0) is 15.5. The average molecular weight is 305 g/mol. The molecule has 0 aliphatic heterocycles. The van der Waals surface area contributed by atoms with Crippen molar-refractivity contribution in [2.75, 3.05) is 11.1 Å². The molecule has 0 amide bonds. The van der Waals surface area contributed by atoms with Gasteiger partial charge in [-0.1, -0.05) is 37.3 Å². The Morgan fingerprint density at radius 1 is 1.05 bits per heavy atom. The minimum absolute atomic E-state index is 0.0613. The lowest BCUT2D eigenvalue weighted by molar-refractivity contribution is 0.598. The van der Waals surface area contributed by atoms with Gasteiger partial charge in [-0.25, -0.2) is 13.6 Å². The van der Waals surface area contributed by atoms with Crippen LogP contribution >= 0.6 is 0 Å². The highest BCUT2D eigenvalue weighted by atomic mass is 32.2. The number of primary sulfonamides is 1. The van der Waals surface area contributed by atoms with Gasteiger partial charge in [0.2, 0.25) is 10.0 Å². The number of anilines is 2. The number of para-hydroxylation sites is 1. The minimum Gasteiger partial charge on any atom is -0.396 e. The lowest BCUT2D eigenvalue weighted by Gasteiger charge is -2.12. The third-order valence-electron chi connectivity index (χ3n) is 3.29. The van der Waals surface area contributed by atoms with E-state index < -0.39 is 10.0 Å². The number of nitrogen functional groups attached to an aromatic ring is 1. The smallest absolute Gasteiger partial charge is 0.240 e. The van der Waals surface area contributed by atoms with Gasteiger partial charge in [-0.05, 0) is 29.7 Å². The molecular formula is C15H19N3O2S. The summed E-state index contributed by atoms with van der Waals surface area (Å²) in [6.45, 7) is 2.66. The fourth-order valence-electron chi connectivity index (χ4n) is 2.04. The van der Waals surface area contributed by atoms with Crippen LogP contribution in [0.2, 0.25) is 0 Å². The van der Waals surface area contributed by atoms with Crippen LogP contribution in [0, 0.1) is 0 Å². The Bertz CT molecular complexity index is 725. The SMILES string of the molecule is CCc1ccc(CNc2cccc(S(N)(=O)=O)c2N)cc1. The van der Waals surface area contributed by atoms with Gasteiger partial charge in [0.1, 0.15) is 4.90 Å². The van der Waals surface area contributed by atoms with E-state index in [0.29, 0.717) is 12.2 Å². The van der Waals surface area contributed by atoms with E-state index in [1.165, 1.54) is 11.6 Å². The molecular weight excluding hydrogens is 286 g/mol. The molecule has 0 saturated carbocycles. The molecule has 5 N–H and O–H groups in total. The molecule has 0 fully saturated rings. The summed E-state index contributed by atoms with van der Waals surface area (Å²) in [6, 6.07) is 12.9. The first-order valence-corrected chi connectivity index (χ1v) is 8.19. The Hall–Kier alpha value is -2.05. The van der Waals surface area contributed by atoms with Gasteiger partial charge in [-0.15, -0.1) is 0 Å². The van der Waals surface area contributed by atoms with Crippen LogP contribution in [0.4, 0.5) is 11.4 Å². The Balaban J connectivity index is 2.16. The topological polar surface area (TPSA) is 98.2 Å². The number of nitrogens with two attached hydrogens (primary N) is 2. The second-order valence-corrected chi connectivity index (χ2v) is 6.32. The lowest BCUT2D eigenvalue weighted by Crippen LogP contribution is -2.15. The highest BCUT2D eigenvalue weighted by Crippen LogP contribution is 2.26. The number of hydrogen-bond donors (Lipinski definition) is 3. The summed E-state index contributed by atoms with van der Waals surface area (Å²) in [5.74, 6) is 0. The summed E-state index contributed by atoms with van der Waals surface area (Å²) in [7, 11) is -3.81. The lowest BCUT2D eigenvalue weighted by atomic mass is 10.1. The fourth-order valence-corrected chi connectivity index (χ4v) is 2.72. The van der Waals surface area contributed by atoms with E-state index in [-0.39, 0.29) is 10.6 Å².